The van der Waals surface area contributed by atoms with Crippen LogP contribution in [0.3, 0.4) is 0 Å². The zero-order chi connectivity index (χ0) is 19.7. The van der Waals surface area contributed by atoms with Gasteiger partial charge in [0.05, 0.1) is 5.41 Å². The van der Waals surface area contributed by atoms with Crippen molar-refractivity contribution < 1.29 is 9.59 Å². The number of carbonyl (C=O) groups excluding carboxylic acids is 2. The van der Waals surface area contributed by atoms with Crippen molar-refractivity contribution in [2.24, 2.45) is 23.2 Å². The molecular formula is C24H34N2O2. The highest BCUT2D eigenvalue weighted by atomic mass is 16.2. The molecule has 0 spiro atoms. The number of hydrogen-bond donors (Lipinski definition) is 1. The van der Waals surface area contributed by atoms with Crippen LogP contribution in [0.5, 0.6) is 0 Å². The minimum absolute atomic E-state index is 0.0858. The second-order valence-corrected chi connectivity index (χ2v) is 9.52. The predicted octanol–water partition coefficient (Wildman–Crippen LogP) is 5.10. The Bertz CT molecular complexity index is 683. The second kappa shape index (κ2) is 7.88. The summed E-state index contributed by atoms with van der Waals surface area (Å²) >= 11 is 0. The summed E-state index contributed by atoms with van der Waals surface area (Å²) in [6.45, 7) is 5.77. The van der Waals surface area contributed by atoms with Crippen molar-refractivity contribution in [3.05, 3.63) is 29.8 Å². The molecule has 5 rings (SSSR count). The van der Waals surface area contributed by atoms with Crippen molar-refractivity contribution >= 4 is 17.5 Å². The van der Waals surface area contributed by atoms with Gasteiger partial charge in [-0.25, -0.2) is 0 Å². The molecule has 4 fully saturated rings. The molecule has 0 aromatic heterocycles. The summed E-state index contributed by atoms with van der Waals surface area (Å²) in [5.41, 5.74) is 1.38. The standard InChI is InChI=1S/C24H34N2O2/c1-3-9-26(10-4-2)22(27)20-5-7-21(8-6-20)25-23(28)24-14-17-11-18(15-24)13-19(12-17)16-24/h5-8,17-19H,3-4,9-16H2,1-2H3,(H,25,28). The van der Waals surface area contributed by atoms with Crippen molar-refractivity contribution in [3.8, 4) is 0 Å². The molecule has 4 aliphatic rings. The van der Waals surface area contributed by atoms with Gasteiger partial charge in [-0.1, -0.05) is 13.8 Å². The summed E-state index contributed by atoms with van der Waals surface area (Å²) in [6.07, 6.45) is 9.18. The molecule has 4 bridgehead atoms. The van der Waals surface area contributed by atoms with Gasteiger partial charge in [0, 0.05) is 24.3 Å². The van der Waals surface area contributed by atoms with E-state index in [1.165, 1.54) is 19.3 Å². The third-order valence-electron chi connectivity index (χ3n) is 7.18. The zero-order valence-corrected chi connectivity index (χ0v) is 17.4. The van der Waals surface area contributed by atoms with E-state index in [0.29, 0.717) is 5.56 Å². The highest BCUT2D eigenvalue weighted by Crippen LogP contribution is 2.60. The van der Waals surface area contributed by atoms with Crippen LogP contribution in [0.15, 0.2) is 24.3 Å². The number of nitrogens with one attached hydrogen (secondary N) is 1. The van der Waals surface area contributed by atoms with E-state index in [-0.39, 0.29) is 17.2 Å². The summed E-state index contributed by atoms with van der Waals surface area (Å²) in [5, 5.41) is 3.18. The van der Waals surface area contributed by atoms with Crippen molar-refractivity contribution in [2.45, 2.75) is 65.2 Å². The van der Waals surface area contributed by atoms with Gasteiger partial charge in [-0.3, -0.25) is 9.59 Å². The summed E-state index contributed by atoms with van der Waals surface area (Å²) < 4.78 is 0. The maximum absolute atomic E-state index is 13.2. The van der Waals surface area contributed by atoms with Gasteiger partial charge < -0.3 is 10.2 Å². The lowest BCUT2D eigenvalue weighted by Crippen LogP contribution is -2.51. The van der Waals surface area contributed by atoms with Crippen molar-refractivity contribution in [1.82, 2.24) is 4.90 Å². The number of nitrogens with zero attached hydrogens (tertiary/aromatic N) is 1. The number of hydrogen-bond acceptors (Lipinski definition) is 2. The number of rotatable bonds is 7. The van der Waals surface area contributed by atoms with Crippen LogP contribution >= 0.6 is 0 Å². The fourth-order valence-electron chi connectivity index (χ4n) is 6.39. The van der Waals surface area contributed by atoms with E-state index in [1.54, 1.807) is 0 Å². The Morgan fingerprint density at radius 1 is 0.929 bits per heavy atom. The van der Waals surface area contributed by atoms with E-state index < -0.39 is 0 Å². The first-order chi connectivity index (χ1) is 13.5. The summed E-state index contributed by atoms with van der Waals surface area (Å²) in [4.78, 5) is 27.8. The lowest BCUT2D eigenvalue weighted by Gasteiger charge is -2.55. The van der Waals surface area contributed by atoms with Gasteiger partial charge in [-0.2, -0.15) is 0 Å². The first kappa shape index (κ1) is 19.5. The molecule has 0 radical (unpaired) electrons. The molecule has 0 heterocycles. The molecule has 0 aliphatic heterocycles. The minimum Gasteiger partial charge on any atom is -0.339 e. The van der Waals surface area contributed by atoms with Crippen LogP contribution in [0.2, 0.25) is 0 Å². The van der Waals surface area contributed by atoms with Crippen molar-refractivity contribution in [1.29, 1.82) is 0 Å². The lowest BCUT2D eigenvalue weighted by atomic mass is 9.49. The number of anilines is 1. The highest BCUT2D eigenvalue weighted by molar-refractivity contribution is 5.97. The molecule has 0 atom stereocenters. The number of benzene rings is 1. The van der Waals surface area contributed by atoms with Gasteiger partial charge in [0.25, 0.3) is 5.91 Å². The third kappa shape index (κ3) is 3.70. The van der Waals surface area contributed by atoms with Crippen LogP contribution in [0.25, 0.3) is 0 Å². The van der Waals surface area contributed by atoms with E-state index in [4.69, 9.17) is 0 Å². The van der Waals surface area contributed by atoms with Gasteiger partial charge >= 0.3 is 0 Å². The Kier molecular flexibility index (Phi) is 5.48. The molecule has 2 amide bonds. The molecule has 1 aromatic carbocycles. The van der Waals surface area contributed by atoms with Crippen LogP contribution in [-0.4, -0.2) is 29.8 Å². The van der Waals surface area contributed by atoms with E-state index in [0.717, 1.165) is 68.6 Å². The molecular weight excluding hydrogens is 348 g/mol. The van der Waals surface area contributed by atoms with Crippen LogP contribution in [0.1, 0.15) is 75.6 Å². The summed E-state index contributed by atoms with van der Waals surface area (Å²) in [6, 6.07) is 7.50. The highest BCUT2D eigenvalue weighted by Gasteiger charge is 2.54. The van der Waals surface area contributed by atoms with Crippen LogP contribution < -0.4 is 5.32 Å². The predicted molar refractivity (Wildman–Crippen MR) is 112 cm³/mol. The topological polar surface area (TPSA) is 49.4 Å². The van der Waals surface area contributed by atoms with Gasteiger partial charge in [-0.15, -0.1) is 0 Å². The van der Waals surface area contributed by atoms with Crippen LogP contribution in [0, 0.1) is 23.2 Å². The average Bonchev–Trinajstić information content (AvgIpc) is 2.67. The fraction of sp³-hybridized carbons (Fsp3) is 0.667. The van der Waals surface area contributed by atoms with Gasteiger partial charge in [0.2, 0.25) is 5.91 Å². The Hall–Kier alpha value is -1.84. The van der Waals surface area contributed by atoms with E-state index in [1.807, 2.05) is 29.2 Å². The quantitative estimate of drug-likeness (QED) is 0.713. The summed E-state index contributed by atoms with van der Waals surface area (Å²) in [7, 11) is 0. The summed E-state index contributed by atoms with van der Waals surface area (Å²) in [5.74, 6) is 2.59. The first-order valence-corrected chi connectivity index (χ1v) is 11.2. The molecule has 4 heteroatoms. The molecule has 1 aromatic rings. The molecule has 0 saturated heterocycles. The van der Waals surface area contributed by atoms with Crippen LogP contribution in [-0.2, 0) is 4.79 Å². The third-order valence-corrected chi connectivity index (χ3v) is 7.18. The normalized spacial score (nSPS) is 30.3. The molecule has 152 valence electrons. The maximum atomic E-state index is 13.2. The Balaban J connectivity index is 1.42. The van der Waals surface area contributed by atoms with Gasteiger partial charge in [0.1, 0.15) is 0 Å². The molecule has 4 aliphatic carbocycles. The largest absolute Gasteiger partial charge is 0.339 e. The van der Waals surface area contributed by atoms with E-state index >= 15 is 0 Å². The minimum atomic E-state index is -0.137. The fourth-order valence-corrected chi connectivity index (χ4v) is 6.39. The average molecular weight is 383 g/mol. The molecule has 1 N–H and O–H groups in total. The van der Waals surface area contributed by atoms with Gasteiger partial charge in [0.15, 0.2) is 0 Å². The molecule has 28 heavy (non-hydrogen) atoms. The smallest absolute Gasteiger partial charge is 0.253 e. The van der Waals surface area contributed by atoms with Crippen molar-refractivity contribution in [3.63, 3.8) is 0 Å². The lowest BCUT2D eigenvalue weighted by molar-refractivity contribution is -0.140. The Morgan fingerprint density at radius 3 is 1.89 bits per heavy atom. The van der Waals surface area contributed by atoms with E-state index in [2.05, 4.69) is 19.2 Å². The molecule has 0 unspecified atom stereocenters. The van der Waals surface area contributed by atoms with Gasteiger partial charge in [-0.05, 0) is 93.4 Å². The second-order valence-electron chi connectivity index (χ2n) is 9.52. The first-order valence-electron chi connectivity index (χ1n) is 11.2. The molecule has 4 nitrogen and oxygen atoms in total. The zero-order valence-electron chi connectivity index (χ0n) is 17.4. The monoisotopic (exact) mass is 382 g/mol. The number of carbonyl (C=O) groups is 2. The SMILES string of the molecule is CCCN(CCC)C(=O)c1ccc(NC(=O)C23CC4CC(CC(C4)C2)C3)cc1. The van der Waals surface area contributed by atoms with Crippen LogP contribution in [0.4, 0.5) is 5.69 Å². The Labute approximate surface area is 169 Å². The van der Waals surface area contributed by atoms with E-state index in [9.17, 15) is 9.59 Å². The van der Waals surface area contributed by atoms with Crippen molar-refractivity contribution in [2.75, 3.05) is 18.4 Å². The number of amides is 2. The maximum Gasteiger partial charge on any atom is 0.253 e. The molecule has 4 saturated carbocycles. The Morgan fingerprint density at radius 2 is 1.43 bits per heavy atom.